The lowest BCUT2D eigenvalue weighted by Crippen LogP contribution is -2.31. The average molecular weight is 1000 g/mol. The number of carbonyl (C=O) groups is 2. The Morgan fingerprint density at radius 3 is 1.34 bits per heavy atom. The van der Waals surface area contributed by atoms with Gasteiger partial charge in [0.2, 0.25) is 11.8 Å². The van der Waals surface area contributed by atoms with Crippen LogP contribution in [0.5, 0.6) is 0 Å². The Hall–Kier alpha value is -1.84. The summed E-state index contributed by atoms with van der Waals surface area (Å²) in [6.07, 6.45) is 0. The highest BCUT2D eigenvalue weighted by atomic mass is 79.9. The molecule has 3 N–H and O–H groups in total. The van der Waals surface area contributed by atoms with E-state index in [0.29, 0.717) is 13.2 Å². The fourth-order valence-corrected chi connectivity index (χ4v) is 5.38. The number of aryl methyl sites for hydroxylation is 6. The molecule has 0 spiro atoms. The number of halogens is 4. The molecule has 0 aliphatic heterocycles. The van der Waals surface area contributed by atoms with E-state index in [1.165, 1.54) is 22.5 Å². The van der Waals surface area contributed by atoms with E-state index in [9.17, 15) is 9.59 Å². The van der Waals surface area contributed by atoms with Gasteiger partial charge in [-0.25, -0.2) is 0 Å². The van der Waals surface area contributed by atoms with E-state index >= 15 is 0 Å². The molecule has 9 nitrogen and oxygen atoms in total. The van der Waals surface area contributed by atoms with E-state index in [2.05, 4.69) is 105 Å². The number of alkyl halides is 1. The molecule has 0 saturated carbocycles. The van der Waals surface area contributed by atoms with Crippen LogP contribution in [0.1, 0.15) is 61.6 Å². The first-order valence-electron chi connectivity index (χ1n) is 16.7. The normalized spacial score (nSPS) is 9.60. The van der Waals surface area contributed by atoms with Crippen molar-refractivity contribution in [1.82, 2.24) is 0 Å². The summed E-state index contributed by atoms with van der Waals surface area (Å²) < 4.78 is 18.0. The molecule has 302 valence electrons. The molecule has 0 heterocycles. The van der Waals surface area contributed by atoms with Gasteiger partial charge in [-0.1, -0.05) is 71.1 Å². The molecule has 0 bridgehead atoms. The largest absolute Gasteiger partial charge is 0.397 e. The third kappa shape index (κ3) is 24.3. The summed E-state index contributed by atoms with van der Waals surface area (Å²) in [5, 5.41) is 14.6. The van der Waals surface area contributed by atoms with Crippen LogP contribution < -0.4 is 15.5 Å². The van der Waals surface area contributed by atoms with Crippen molar-refractivity contribution in [1.29, 1.82) is 0 Å². The zero-order chi connectivity index (χ0) is 40.4. The maximum atomic E-state index is 11.6. The summed E-state index contributed by atoms with van der Waals surface area (Å²) in [5.41, 5.74) is 9.95. The zero-order valence-corrected chi connectivity index (χ0v) is 39.2. The summed E-state index contributed by atoms with van der Waals surface area (Å²) in [5.74, 6) is -0.00991. The summed E-state index contributed by atoms with van der Waals surface area (Å²) in [7, 11) is 5.03. The maximum absolute atomic E-state index is 11.6. The summed E-state index contributed by atoms with van der Waals surface area (Å²) in [6.45, 7) is 20.7. The molecule has 0 unspecified atom stereocenters. The SMILES string of the molecule is C.CC(=O)Nc1cc(C)c(Br)c(C)c1.CCO.COCCBr.COCCN(C(C)=O)c1cc(C)c(Br)c(C)c1.COCCNc1cc(C)c(Br)c(C)c1. The molecule has 3 aromatic carbocycles. The van der Waals surface area contributed by atoms with Crippen LogP contribution in [0.25, 0.3) is 0 Å². The van der Waals surface area contributed by atoms with E-state index in [0.717, 1.165) is 73.4 Å². The molecule has 0 fully saturated rings. The molecule has 3 aromatic rings. The number of aliphatic hydroxyl groups excluding tert-OH is 1. The number of methoxy groups -OCH3 is 3. The van der Waals surface area contributed by atoms with Gasteiger partial charge in [-0.3, -0.25) is 9.59 Å². The number of nitrogens with zero attached hydrogens (tertiary/aromatic N) is 1. The van der Waals surface area contributed by atoms with Crippen LogP contribution in [0, 0.1) is 41.5 Å². The lowest BCUT2D eigenvalue weighted by Gasteiger charge is -2.22. The van der Waals surface area contributed by atoms with Crippen molar-refractivity contribution in [2.75, 3.05) is 81.7 Å². The highest BCUT2D eigenvalue weighted by Crippen LogP contribution is 2.28. The van der Waals surface area contributed by atoms with E-state index in [1.807, 2.05) is 52.0 Å². The highest BCUT2D eigenvalue weighted by Gasteiger charge is 2.13. The molecule has 0 atom stereocenters. The lowest BCUT2D eigenvalue weighted by atomic mass is 10.1. The molecule has 2 amide bonds. The number of hydrogen-bond acceptors (Lipinski definition) is 7. The van der Waals surface area contributed by atoms with Crippen molar-refractivity contribution in [2.24, 2.45) is 0 Å². The minimum atomic E-state index is -0.0406. The molecule has 0 aliphatic rings. The van der Waals surface area contributed by atoms with Gasteiger partial charge < -0.3 is 34.9 Å². The number of anilines is 3. The minimum Gasteiger partial charge on any atom is -0.397 e. The Morgan fingerprint density at radius 1 is 0.679 bits per heavy atom. The number of amides is 2. The quantitative estimate of drug-likeness (QED) is 0.130. The van der Waals surface area contributed by atoms with Gasteiger partial charge in [0, 0.05) is 90.7 Å². The fourth-order valence-electron chi connectivity index (χ4n) is 4.37. The van der Waals surface area contributed by atoms with Crippen molar-refractivity contribution < 1.29 is 28.9 Å². The second kappa shape index (κ2) is 32.4. The number of hydrogen-bond donors (Lipinski definition) is 3. The minimum absolute atomic E-state index is 0. The summed E-state index contributed by atoms with van der Waals surface area (Å²) >= 11 is 13.7. The molecular weight excluding hydrogens is 938 g/mol. The van der Waals surface area contributed by atoms with E-state index in [1.54, 1.807) is 40.1 Å². The van der Waals surface area contributed by atoms with Gasteiger partial charge in [0.15, 0.2) is 0 Å². The van der Waals surface area contributed by atoms with Crippen LogP contribution in [-0.2, 0) is 23.8 Å². The summed E-state index contributed by atoms with van der Waals surface area (Å²) in [4.78, 5) is 24.1. The fraction of sp³-hybridized carbons (Fsp3) is 0.500. The molecule has 3 rings (SSSR count). The van der Waals surface area contributed by atoms with Gasteiger partial charge in [-0.2, -0.15) is 0 Å². The van der Waals surface area contributed by atoms with Crippen LogP contribution in [0.3, 0.4) is 0 Å². The van der Waals surface area contributed by atoms with E-state index in [-0.39, 0.29) is 25.8 Å². The first kappa shape index (κ1) is 55.5. The monoisotopic (exact) mass is 997 g/mol. The van der Waals surface area contributed by atoms with Gasteiger partial charge in [0.05, 0.1) is 19.8 Å². The Morgan fingerprint density at radius 2 is 1.04 bits per heavy atom. The Bertz CT molecular complexity index is 1420. The first-order chi connectivity index (χ1) is 24.4. The van der Waals surface area contributed by atoms with E-state index in [4.69, 9.17) is 14.6 Å². The third-order valence-electron chi connectivity index (χ3n) is 6.74. The first-order valence-corrected chi connectivity index (χ1v) is 20.2. The van der Waals surface area contributed by atoms with Crippen molar-refractivity contribution in [3.8, 4) is 0 Å². The predicted octanol–water partition coefficient (Wildman–Crippen LogP) is 10.9. The van der Waals surface area contributed by atoms with Crippen molar-refractivity contribution in [3.05, 3.63) is 83.2 Å². The lowest BCUT2D eigenvalue weighted by molar-refractivity contribution is -0.117. The van der Waals surface area contributed by atoms with Crippen LogP contribution in [0.2, 0.25) is 0 Å². The topological polar surface area (TPSA) is 109 Å². The third-order valence-corrected chi connectivity index (χ3v) is 10.8. The van der Waals surface area contributed by atoms with Gasteiger partial charge in [-0.05, 0) is 118 Å². The Labute approximate surface area is 353 Å². The van der Waals surface area contributed by atoms with Gasteiger partial charge in [-0.15, -0.1) is 0 Å². The number of nitrogens with one attached hydrogen (secondary N) is 2. The van der Waals surface area contributed by atoms with Crippen molar-refractivity contribution in [3.63, 3.8) is 0 Å². The molecule has 13 heteroatoms. The van der Waals surface area contributed by atoms with Crippen LogP contribution in [0.4, 0.5) is 17.1 Å². The van der Waals surface area contributed by atoms with Crippen LogP contribution >= 0.6 is 63.7 Å². The molecule has 0 aliphatic carbocycles. The Kier molecular flexibility index (Phi) is 33.9. The zero-order valence-electron chi connectivity index (χ0n) is 32.9. The molecule has 0 aromatic heterocycles. The predicted molar refractivity (Wildman–Crippen MR) is 241 cm³/mol. The van der Waals surface area contributed by atoms with Gasteiger partial charge >= 0.3 is 0 Å². The number of benzene rings is 3. The van der Waals surface area contributed by atoms with E-state index < -0.39 is 0 Å². The summed E-state index contributed by atoms with van der Waals surface area (Å²) in [6, 6.07) is 12.2. The second-order valence-corrected chi connectivity index (χ2v) is 14.7. The molecule has 0 radical (unpaired) electrons. The van der Waals surface area contributed by atoms with Crippen LogP contribution in [-0.4, -0.2) is 83.1 Å². The number of ether oxygens (including phenoxy) is 3. The second-order valence-electron chi connectivity index (χ2n) is 11.5. The molecule has 0 saturated heterocycles. The molecular formula is C40H63Br4N3O6. The van der Waals surface area contributed by atoms with Crippen molar-refractivity contribution in [2.45, 2.75) is 69.7 Å². The van der Waals surface area contributed by atoms with Gasteiger partial charge in [0.25, 0.3) is 0 Å². The number of rotatable bonds is 11. The van der Waals surface area contributed by atoms with Crippen LogP contribution in [0.15, 0.2) is 49.8 Å². The highest BCUT2D eigenvalue weighted by molar-refractivity contribution is 9.11. The maximum Gasteiger partial charge on any atom is 0.223 e. The van der Waals surface area contributed by atoms with Gasteiger partial charge in [0.1, 0.15) is 0 Å². The Balaban J connectivity index is -0.000000640. The molecule has 53 heavy (non-hydrogen) atoms. The standard InChI is InChI=1S/C13H18BrNO2.C11H16BrNO.C10H12BrNO.C3H7BrO.C2H6O.CH4/c1-9-7-12(8-10(2)13(9)14)15(11(3)16)5-6-17-4;1-8-6-10(13-4-5-14-3)7-9(2)11(8)12;1-6-4-9(12-8(3)13)5-7(2)10(6)11;1-5-3-2-4;1-2-3;/h7-8H,5-6H2,1-4H3;6-7,13H,4-5H2,1-3H3;4-5H,1-3H3,(H,12,13);2-3H2,1H3;3H,2H2,1H3;1H4. The number of carbonyl (C=O) groups excluding carboxylic acids is 2. The average Bonchev–Trinajstić information content (AvgIpc) is 3.06. The smallest absolute Gasteiger partial charge is 0.223 e. The number of aliphatic hydroxyl groups is 1. The van der Waals surface area contributed by atoms with Crippen molar-refractivity contribution >= 4 is 92.6 Å².